The standard InChI is InChI=1S/C26H27FN2O2/c1-31-21-14-11-19(12-15-21)13-16-26(30)29-17-5-6-20(18-29)24-9-4-10-25(28-24)22-7-2-3-8-23(22)27/h2-4,7-12,14-15,20H,5-6,13,16-18H2,1H3. The molecule has 0 radical (unpaired) electrons. The summed E-state index contributed by atoms with van der Waals surface area (Å²) < 4.78 is 19.4. The maximum atomic E-state index is 14.2. The van der Waals surface area contributed by atoms with Crippen LogP contribution in [0.2, 0.25) is 0 Å². The van der Waals surface area contributed by atoms with E-state index < -0.39 is 0 Å². The zero-order valence-corrected chi connectivity index (χ0v) is 17.8. The van der Waals surface area contributed by atoms with Crippen molar-refractivity contribution in [3.05, 3.63) is 83.8 Å². The van der Waals surface area contributed by atoms with Gasteiger partial charge in [0.2, 0.25) is 5.91 Å². The molecule has 1 unspecified atom stereocenters. The highest BCUT2D eigenvalue weighted by molar-refractivity contribution is 5.76. The van der Waals surface area contributed by atoms with Crippen LogP contribution >= 0.6 is 0 Å². The van der Waals surface area contributed by atoms with Gasteiger partial charge in [0.25, 0.3) is 0 Å². The summed E-state index contributed by atoms with van der Waals surface area (Å²) in [4.78, 5) is 19.5. The van der Waals surface area contributed by atoms with Gasteiger partial charge in [0.05, 0.1) is 12.8 Å². The van der Waals surface area contributed by atoms with E-state index in [0.29, 0.717) is 30.6 Å². The number of halogens is 1. The van der Waals surface area contributed by atoms with Crippen molar-refractivity contribution in [2.45, 2.75) is 31.6 Å². The SMILES string of the molecule is COc1ccc(CCC(=O)N2CCCC(c3cccc(-c4ccccc4F)n3)C2)cc1. The third kappa shape index (κ3) is 5.10. The van der Waals surface area contributed by atoms with Crippen LogP contribution in [-0.4, -0.2) is 36.0 Å². The number of aromatic nitrogens is 1. The van der Waals surface area contributed by atoms with Gasteiger partial charge in [0, 0.05) is 36.7 Å². The van der Waals surface area contributed by atoms with Gasteiger partial charge >= 0.3 is 0 Å². The topological polar surface area (TPSA) is 42.4 Å². The van der Waals surface area contributed by atoms with Gasteiger partial charge in [-0.1, -0.05) is 30.3 Å². The molecule has 4 rings (SSSR count). The Kier molecular flexibility index (Phi) is 6.60. The van der Waals surface area contributed by atoms with Crippen molar-refractivity contribution in [3.8, 4) is 17.0 Å². The van der Waals surface area contributed by atoms with Gasteiger partial charge in [-0.3, -0.25) is 9.78 Å². The van der Waals surface area contributed by atoms with E-state index in [1.165, 1.54) is 6.07 Å². The number of hydrogen-bond donors (Lipinski definition) is 0. The van der Waals surface area contributed by atoms with Crippen molar-refractivity contribution in [2.24, 2.45) is 0 Å². The normalized spacial score (nSPS) is 16.2. The molecule has 1 amide bonds. The molecule has 2 heterocycles. The van der Waals surface area contributed by atoms with Gasteiger partial charge in [0.1, 0.15) is 11.6 Å². The fourth-order valence-electron chi connectivity index (χ4n) is 4.14. The molecule has 1 aliphatic heterocycles. The maximum absolute atomic E-state index is 14.2. The van der Waals surface area contributed by atoms with Gasteiger partial charge in [-0.2, -0.15) is 0 Å². The van der Waals surface area contributed by atoms with E-state index in [2.05, 4.69) is 0 Å². The lowest BCUT2D eigenvalue weighted by Gasteiger charge is -2.32. The molecular formula is C26H27FN2O2. The molecule has 0 bridgehead atoms. The molecule has 0 spiro atoms. The fourth-order valence-corrected chi connectivity index (χ4v) is 4.14. The number of nitrogens with zero attached hydrogens (tertiary/aromatic N) is 2. The molecule has 5 heteroatoms. The van der Waals surface area contributed by atoms with Gasteiger partial charge in [-0.05, 0) is 61.2 Å². The Bertz CT molecular complexity index is 1040. The average Bonchev–Trinajstić information content (AvgIpc) is 2.83. The first-order chi connectivity index (χ1) is 15.1. The van der Waals surface area contributed by atoms with Crippen LogP contribution in [0.4, 0.5) is 4.39 Å². The molecule has 1 atom stereocenters. The molecule has 31 heavy (non-hydrogen) atoms. The smallest absolute Gasteiger partial charge is 0.222 e. The molecule has 1 aliphatic rings. The molecule has 0 aliphatic carbocycles. The number of hydrogen-bond acceptors (Lipinski definition) is 3. The molecule has 0 saturated carbocycles. The third-order valence-electron chi connectivity index (χ3n) is 5.90. The number of aryl methyl sites for hydroxylation is 1. The van der Waals surface area contributed by atoms with Crippen molar-refractivity contribution < 1.29 is 13.9 Å². The minimum atomic E-state index is -0.272. The third-order valence-corrected chi connectivity index (χ3v) is 5.90. The molecule has 3 aromatic rings. The van der Waals surface area contributed by atoms with Crippen molar-refractivity contribution in [2.75, 3.05) is 20.2 Å². The van der Waals surface area contributed by atoms with Crippen LogP contribution < -0.4 is 4.74 Å². The van der Waals surface area contributed by atoms with Crippen molar-refractivity contribution in [3.63, 3.8) is 0 Å². The van der Waals surface area contributed by atoms with Crippen LogP contribution in [0.15, 0.2) is 66.7 Å². The highest BCUT2D eigenvalue weighted by atomic mass is 19.1. The van der Waals surface area contributed by atoms with Gasteiger partial charge in [0.15, 0.2) is 0 Å². The summed E-state index contributed by atoms with van der Waals surface area (Å²) in [5.41, 5.74) is 3.20. The summed E-state index contributed by atoms with van der Waals surface area (Å²) in [6.45, 7) is 1.44. The zero-order valence-electron chi connectivity index (χ0n) is 17.8. The number of carbonyl (C=O) groups is 1. The molecule has 1 fully saturated rings. The monoisotopic (exact) mass is 418 g/mol. The second-order valence-electron chi connectivity index (χ2n) is 7.95. The Morgan fingerprint density at radius 1 is 1.10 bits per heavy atom. The van der Waals surface area contributed by atoms with E-state index in [0.717, 1.165) is 36.4 Å². The first-order valence-corrected chi connectivity index (χ1v) is 10.8. The van der Waals surface area contributed by atoms with E-state index in [4.69, 9.17) is 9.72 Å². The second kappa shape index (κ2) is 9.73. The average molecular weight is 419 g/mol. The molecular weight excluding hydrogens is 391 g/mol. The molecule has 0 N–H and O–H groups in total. The number of piperidine rings is 1. The lowest BCUT2D eigenvalue weighted by molar-refractivity contribution is -0.132. The van der Waals surface area contributed by atoms with Crippen LogP contribution in [0.25, 0.3) is 11.3 Å². The van der Waals surface area contributed by atoms with Gasteiger partial charge < -0.3 is 9.64 Å². The Morgan fingerprint density at radius 2 is 1.90 bits per heavy atom. The van der Waals surface area contributed by atoms with Crippen LogP contribution in [0.1, 0.15) is 36.4 Å². The first kappa shape index (κ1) is 21.0. The summed E-state index contributed by atoms with van der Waals surface area (Å²) >= 11 is 0. The van der Waals surface area contributed by atoms with Crippen molar-refractivity contribution in [1.29, 1.82) is 0 Å². The Balaban J connectivity index is 1.40. The van der Waals surface area contributed by atoms with Crippen molar-refractivity contribution in [1.82, 2.24) is 9.88 Å². The fraction of sp³-hybridized carbons (Fsp3) is 0.308. The van der Waals surface area contributed by atoms with Gasteiger partial charge in [-0.25, -0.2) is 4.39 Å². The van der Waals surface area contributed by atoms with E-state index >= 15 is 0 Å². The lowest BCUT2D eigenvalue weighted by atomic mass is 9.93. The van der Waals surface area contributed by atoms with Crippen LogP contribution in [-0.2, 0) is 11.2 Å². The Hall–Kier alpha value is -3.21. The summed E-state index contributed by atoms with van der Waals surface area (Å²) in [7, 11) is 1.65. The second-order valence-corrected chi connectivity index (χ2v) is 7.95. The van der Waals surface area contributed by atoms with Crippen molar-refractivity contribution >= 4 is 5.91 Å². The molecule has 1 aromatic heterocycles. The number of pyridine rings is 1. The summed E-state index contributed by atoms with van der Waals surface area (Å²) in [6.07, 6.45) is 3.13. The minimum Gasteiger partial charge on any atom is -0.497 e. The summed E-state index contributed by atoms with van der Waals surface area (Å²) in [5.74, 6) is 0.890. The highest BCUT2D eigenvalue weighted by Gasteiger charge is 2.25. The number of carbonyl (C=O) groups excluding carboxylic acids is 1. The van der Waals surface area contributed by atoms with Crippen LogP contribution in [0.3, 0.4) is 0 Å². The largest absolute Gasteiger partial charge is 0.497 e. The zero-order chi connectivity index (χ0) is 21.6. The summed E-state index contributed by atoms with van der Waals surface area (Å²) in [5, 5.41) is 0. The maximum Gasteiger partial charge on any atom is 0.222 e. The summed E-state index contributed by atoms with van der Waals surface area (Å²) in [6, 6.07) is 20.3. The molecule has 1 saturated heterocycles. The van der Waals surface area contributed by atoms with Crippen LogP contribution in [0, 0.1) is 5.82 Å². The number of rotatable bonds is 6. The molecule has 4 nitrogen and oxygen atoms in total. The Morgan fingerprint density at radius 3 is 2.68 bits per heavy atom. The number of benzene rings is 2. The Labute approximate surface area is 182 Å². The van der Waals surface area contributed by atoms with E-state index in [1.807, 2.05) is 53.4 Å². The van der Waals surface area contributed by atoms with Crippen LogP contribution in [0.5, 0.6) is 5.75 Å². The predicted octanol–water partition coefficient (Wildman–Crippen LogP) is 5.24. The first-order valence-electron chi connectivity index (χ1n) is 10.8. The predicted molar refractivity (Wildman–Crippen MR) is 120 cm³/mol. The van der Waals surface area contributed by atoms with E-state index in [-0.39, 0.29) is 17.6 Å². The molecule has 160 valence electrons. The number of methoxy groups -OCH3 is 1. The minimum absolute atomic E-state index is 0.172. The number of likely N-dealkylation sites (tertiary alicyclic amines) is 1. The number of ether oxygens (including phenoxy) is 1. The quantitative estimate of drug-likeness (QED) is 0.550. The lowest BCUT2D eigenvalue weighted by Crippen LogP contribution is -2.39. The highest BCUT2D eigenvalue weighted by Crippen LogP contribution is 2.29. The van der Waals surface area contributed by atoms with E-state index in [1.54, 1.807) is 19.2 Å². The molecule has 2 aromatic carbocycles. The number of amides is 1. The van der Waals surface area contributed by atoms with E-state index in [9.17, 15) is 9.18 Å². The van der Waals surface area contributed by atoms with Gasteiger partial charge in [-0.15, -0.1) is 0 Å².